The first kappa shape index (κ1) is 9.40. The molecule has 0 fully saturated rings. The van der Waals surface area contributed by atoms with Crippen molar-refractivity contribution in [2.24, 2.45) is 0 Å². The lowest BCUT2D eigenvalue weighted by molar-refractivity contribution is 0.803. The topological polar surface area (TPSA) is 30.7 Å². The lowest BCUT2D eigenvalue weighted by atomic mass is 10.3. The van der Waals surface area contributed by atoms with E-state index in [9.17, 15) is 0 Å². The summed E-state index contributed by atoms with van der Waals surface area (Å²) in [5.74, 6) is 0.885. The highest BCUT2D eigenvalue weighted by atomic mass is 79.9. The van der Waals surface area contributed by atoms with Crippen LogP contribution in [0.2, 0.25) is 0 Å². The molecule has 2 aromatic heterocycles. The molecule has 0 bridgehead atoms. The Morgan fingerprint density at radius 1 is 1.36 bits per heavy atom. The van der Waals surface area contributed by atoms with E-state index in [4.69, 9.17) is 0 Å². The van der Waals surface area contributed by atoms with Crippen LogP contribution in [-0.4, -0.2) is 14.8 Å². The van der Waals surface area contributed by atoms with Crippen molar-refractivity contribution in [2.45, 2.75) is 13.8 Å². The van der Waals surface area contributed by atoms with E-state index in [2.05, 4.69) is 26.0 Å². The van der Waals surface area contributed by atoms with E-state index in [0.717, 1.165) is 21.7 Å². The summed E-state index contributed by atoms with van der Waals surface area (Å²) in [5, 5.41) is 4.31. The molecule has 4 heteroatoms. The highest BCUT2D eigenvalue weighted by molar-refractivity contribution is 9.10. The molecule has 0 atom stereocenters. The van der Waals surface area contributed by atoms with Gasteiger partial charge in [-0.3, -0.25) is 0 Å². The fourth-order valence-electron chi connectivity index (χ4n) is 1.35. The Morgan fingerprint density at radius 2 is 2.14 bits per heavy atom. The number of hydrogen-bond acceptors (Lipinski definition) is 2. The van der Waals surface area contributed by atoms with Gasteiger partial charge in [0.15, 0.2) is 5.82 Å². The van der Waals surface area contributed by atoms with Gasteiger partial charge in [-0.2, -0.15) is 5.10 Å². The third kappa shape index (κ3) is 1.57. The fraction of sp³-hybridized carbons (Fsp3) is 0.200. The van der Waals surface area contributed by atoms with E-state index < -0.39 is 0 Å². The molecule has 2 rings (SSSR count). The Kier molecular flexibility index (Phi) is 2.37. The summed E-state index contributed by atoms with van der Waals surface area (Å²) in [5.41, 5.74) is 2.19. The summed E-state index contributed by atoms with van der Waals surface area (Å²) in [6, 6.07) is 5.91. The van der Waals surface area contributed by atoms with Crippen LogP contribution in [0, 0.1) is 13.8 Å². The average molecular weight is 252 g/mol. The maximum absolute atomic E-state index is 4.31. The van der Waals surface area contributed by atoms with Crippen LogP contribution < -0.4 is 0 Å². The van der Waals surface area contributed by atoms with E-state index in [1.54, 1.807) is 6.20 Å². The van der Waals surface area contributed by atoms with Crippen LogP contribution in [0.25, 0.3) is 5.82 Å². The molecule has 0 aliphatic heterocycles. The first-order chi connectivity index (χ1) is 6.68. The van der Waals surface area contributed by atoms with Gasteiger partial charge in [0, 0.05) is 11.9 Å². The fourth-order valence-corrected chi connectivity index (χ4v) is 1.84. The van der Waals surface area contributed by atoms with E-state index >= 15 is 0 Å². The molecular formula is C10H10BrN3. The Labute approximate surface area is 90.9 Å². The average Bonchev–Trinajstić information content (AvgIpc) is 2.46. The highest BCUT2D eigenvalue weighted by Crippen LogP contribution is 2.16. The second-order valence-electron chi connectivity index (χ2n) is 3.16. The van der Waals surface area contributed by atoms with Crippen molar-refractivity contribution in [3.8, 4) is 5.82 Å². The predicted molar refractivity (Wildman–Crippen MR) is 58.5 cm³/mol. The van der Waals surface area contributed by atoms with Gasteiger partial charge in [0.25, 0.3) is 0 Å². The van der Waals surface area contributed by atoms with Gasteiger partial charge in [-0.25, -0.2) is 9.67 Å². The van der Waals surface area contributed by atoms with Crippen LogP contribution in [0.3, 0.4) is 0 Å². The minimum absolute atomic E-state index is 0.833. The quantitative estimate of drug-likeness (QED) is 0.781. The number of hydrogen-bond donors (Lipinski definition) is 0. The molecule has 0 aliphatic rings. The van der Waals surface area contributed by atoms with Gasteiger partial charge >= 0.3 is 0 Å². The third-order valence-electron chi connectivity index (χ3n) is 2.04. The third-order valence-corrected chi connectivity index (χ3v) is 2.43. The summed E-state index contributed by atoms with van der Waals surface area (Å²) in [7, 11) is 0. The maximum Gasteiger partial charge on any atom is 0.156 e. The summed E-state index contributed by atoms with van der Waals surface area (Å²) in [4.78, 5) is 4.30. The van der Waals surface area contributed by atoms with Crippen molar-refractivity contribution in [1.82, 2.24) is 14.8 Å². The number of rotatable bonds is 1. The molecule has 0 saturated carbocycles. The van der Waals surface area contributed by atoms with Gasteiger partial charge in [-0.05, 0) is 47.5 Å². The first-order valence-corrected chi connectivity index (χ1v) is 5.12. The standard InChI is InChI=1S/C10H10BrN3/c1-7-4-3-5-12-10(7)14-8(2)6-9(11)13-14/h3-6H,1-2H3. The number of aromatic nitrogens is 3. The van der Waals surface area contributed by atoms with E-state index in [1.807, 2.05) is 36.7 Å². The van der Waals surface area contributed by atoms with Crippen molar-refractivity contribution < 1.29 is 0 Å². The maximum atomic E-state index is 4.31. The Hall–Kier alpha value is -1.16. The predicted octanol–water partition coefficient (Wildman–Crippen LogP) is 2.65. The zero-order valence-corrected chi connectivity index (χ0v) is 9.62. The molecule has 0 radical (unpaired) electrons. The molecule has 2 heterocycles. The zero-order valence-electron chi connectivity index (χ0n) is 8.03. The molecule has 72 valence electrons. The van der Waals surface area contributed by atoms with Crippen LogP contribution in [0.4, 0.5) is 0 Å². The first-order valence-electron chi connectivity index (χ1n) is 4.32. The number of nitrogens with zero attached hydrogens (tertiary/aromatic N) is 3. The second kappa shape index (κ2) is 3.53. The van der Waals surface area contributed by atoms with Crippen molar-refractivity contribution in [2.75, 3.05) is 0 Å². The van der Waals surface area contributed by atoms with Crippen molar-refractivity contribution >= 4 is 15.9 Å². The molecule has 0 spiro atoms. The highest BCUT2D eigenvalue weighted by Gasteiger charge is 2.06. The minimum atomic E-state index is 0.833. The van der Waals surface area contributed by atoms with E-state index in [-0.39, 0.29) is 0 Å². The smallest absolute Gasteiger partial charge is 0.156 e. The zero-order chi connectivity index (χ0) is 10.1. The van der Waals surface area contributed by atoms with Crippen LogP contribution >= 0.6 is 15.9 Å². The van der Waals surface area contributed by atoms with Gasteiger partial charge < -0.3 is 0 Å². The molecule has 0 unspecified atom stereocenters. The summed E-state index contributed by atoms with van der Waals surface area (Å²) in [6.07, 6.45) is 1.78. The van der Waals surface area contributed by atoms with Gasteiger partial charge in [-0.1, -0.05) is 6.07 Å². The molecule has 2 aromatic rings. The van der Waals surface area contributed by atoms with Gasteiger partial charge in [0.2, 0.25) is 0 Å². The summed E-state index contributed by atoms with van der Waals surface area (Å²) >= 11 is 3.35. The Balaban J connectivity index is 2.60. The monoisotopic (exact) mass is 251 g/mol. The Bertz CT molecular complexity index is 462. The number of aryl methyl sites for hydroxylation is 2. The number of halogens is 1. The SMILES string of the molecule is Cc1cccnc1-n1nc(Br)cc1C. The van der Waals surface area contributed by atoms with Crippen molar-refractivity contribution in [3.05, 3.63) is 40.3 Å². The summed E-state index contributed by atoms with van der Waals surface area (Å²) in [6.45, 7) is 4.03. The lowest BCUT2D eigenvalue weighted by Crippen LogP contribution is -2.03. The normalized spacial score (nSPS) is 10.5. The van der Waals surface area contributed by atoms with Crippen LogP contribution in [0.5, 0.6) is 0 Å². The Morgan fingerprint density at radius 3 is 2.71 bits per heavy atom. The van der Waals surface area contributed by atoms with Gasteiger partial charge in [0.05, 0.1) is 0 Å². The van der Waals surface area contributed by atoms with Crippen LogP contribution in [-0.2, 0) is 0 Å². The van der Waals surface area contributed by atoms with E-state index in [0.29, 0.717) is 0 Å². The largest absolute Gasteiger partial charge is 0.237 e. The molecule has 0 N–H and O–H groups in total. The summed E-state index contributed by atoms with van der Waals surface area (Å²) < 4.78 is 2.67. The second-order valence-corrected chi connectivity index (χ2v) is 3.98. The van der Waals surface area contributed by atoms with E-state index in [1.165, 1.54) is 0 Å². The molecule has 0 aliphatic carbocycles. The van der Waals surface area contributed by atoms with Crippen LogP contribution in [0.1, 0.15) is 11.3 Å². The van der Waals surface area contributed by atoms with Gasteiger partial charge in [-0.15, -0.1) is 0 Å². The van der Waals surface area contributed by atoms with Crippen molar-refractivity contribution in [3.63, 3.8) is 0 Å². The molecule has 0 aromatic carbocycles. The lowest BCUT2D eigenvalue weighted by Gasteiger charge is -2.05. The minimum Gasteiger partial charge on any atom is -0.237 e. The molecule has 0 amide bonds. The molecule has 3 nitrogen and oxygen atoms in total. The number of pyridine rings is 1. The molecule has 0 saturated heterocycles. The molecular weight excluding hydrogens is 242 g/mol. The molecule has 14 heavy (non-hydrogen) atoms. The van der Waals surface area contributed by atoms with Crippen molar-refractivity contribution in [1.29, 1.82) is 0 Å². The van der Waals surface area contributed by atoms with Crippen LogP contribution in [0.15, 0.2) is 29.0 Å². The van der Waals surface area contributed by atoms with Gasteiger partial charge in [0.1, 0.15) is 4.60 Å².